The lowest BCUT2D eigenvalue weighted by molar-refractivity contribution is -0.122. The maximum absolute atomic E-state index is 12.4. The summed E-state index contributed by atoms with van der Waals surface area (Å²) in [4.78, 5) is 28.9. The van der Waals surface area contributed by atoms with Gasteiger partial charge in [-0.25, -0.2) is 0 Å². The topological polar surface area (TPSA) is 131 Å². The van der Waals surface area contributed by atoms with Gasteiger partial charge in [0.25, 0.3) is 5.91 Å². The molecule has 1 aromatic carbocycles. The van der Waals surface area contributed by atoms with Gasteiger partial charge in [0.2, 0.25) is 17.6 Å². The second-order valence-corrected chi connectivity index (χ2v) is 10.1. The minimum atomic E-state index is -0.384. The number of benzene rings is 1. The first-order valence-electron chi connectivity index (χ1n) is 12.5. The van der Waals surface area contributed by atoms with Gasteiger partial charge < -0.3 is 19.9 Å². The molecule has 0 spiro atoms. The van der Waals surface area contributed by atoms with Crippen molar-refractivity contribution in [2.45, 2.75) is 39.5 Å². The van der Waals surface area contributed by atoms with Gasteiger partial charge in [-0.15, -0.1) is 10.2 Å². The summed E-state index contributed by atoms with van der Waals surface area (Å²) in [5.74, 6) is 1.90. The van der Waals surface area contributed by atoms with Gasteiger partial charge in [-0.2, -0.15) is 4.98 Å². The molecular formula is C27H30N6O4. The molecule has 1 aromatic heterocycles. The van der Waals surface area contributed by atoms with Crippen molar-refractivity contribution in [2.24, 2.45) is 21.6 Å². The summed E-state index contributed by atoms with van der Waals surface area (Å²) in [6.45, 7) is 5.85. The largest absolute Gasteiger partial charge is 0.493 e. The molecule has 2 N–H and O–H groups in total. The number of azo groups is 1. The molecule has 2 aromatic rings. The van der Waals surface area contributed by atoms with E-state index in [-0.39, 0.29) is 23.1 Å². The lowest BCUT2D eigenvalue weighted by Crippen LogP contribution is -2.40. The van der Waals surface area contributed by atoms with Gasteiger partial charge in [-0.1, -0.05) is 43.3 Å². The fourth-order valence-corrected chi connectivity index (χ4v) is 4.35. The molecule has 1 aliphatic carbocycles. The highest BCUT2D eigenvalue weighted by Gasteiger charge is 2.28. The summed E-state index contributed by atoms with van der Waals surface area (Å²) < 4.78 is 10.9. The number of fused-ring (bicyclic) bond motifs is 2. The minimum Gasteiger partial charge on any atom is -0.493 e. The average Bonchev–Trinajstić information content (AvgIpc) is 3.57. The Hall–Kier alpha value is -4.08. The zero-order chi connectivity index (χ0) is 25.8. The number of hydrogen-bond donors (Lipinski definition) is 2. The molecule has 0 bridgehead atoms. The van der Waals surface area contributed by atoms with Crippen molar-refractivity contribution >= 4 is 11.8 Å². The van der Waals surface area contributed by atoms with E-state index in [0.29, 0.717) is 56.5 Å². The highest BCUT2D eigenvalue weighted by molar-refractivity contribution is 5.86. The van der Waals surface area contributed by atoms with E-state index in [1.54, 1.807) is 0 Å². The highest BCUT2D eigenvalue weighted by Crippen LogP contribution is 2.30. The average molecular weight is 503 g/mol. The number of nitrogens with zero attached hydrogens (tertiary/aromatic N) is 4. The normalized spacial score (nSPS) is 18.0. The summed E-state index contributed by atoms with van der Waals surface area (Å²) >= 11 is 0. The van der Waals surface area contributed by atoms with E-state index in [2.05, 4.69) is 44.9 Å². The number of aryl methyl sites for hydroxylation is 1. The molecule has 0 saturated heterocycles. The van der Waals surface area contributed by atoms with Crippen LogP contribution in [0.3, 0.4) is 0 Å². The van der Waals surface area contributed by atoms with E-state index in [1.165, 1.54) is 0 Å². The molecule has 0 radical (unpaired) electrons. The molecule has 1 unspecified atom stereocenters. The molecular weight excluding hydrogens is 472 g/mol. The van der Waals surface area contributed by atoms with Crippen LogP contribution in [0.1, 0.15) is 38.1 Å². The summed E-state index contributed by atoms with van der Waals surface area (Å²) in [6.07, 6.45) is 9.80. The van der Waals surface area contributed by atoms with Gasteiger partial charge >= 0.3 is 0 Å². The van der Waals surface area contributed by atoms with Gasteiger partial charge in [0.05, 0.1) is 12.5 Å². The van der Waals surface area contributed by atoms with Crippen LogP contribution in [0.2, 0.25) is 0 Å². The molecule has 37 heavy (non-hydrogen) atoms. The predicted molar refractivity (Wildman–Crippen MR) is 135 cm³/mol. The number of aromatic nitrogens is 2. The van der Waals surface area contributed by atoms with Gasteiger partial charge in [0.15, 0.2) is 5.82 Å². The van der Waals surface area contributed by atoms with Crippen molar-refractivity contribution in [3.8, 4) is 17.1 Å². The van der Waals surface area contributed by atoms with Crippen molar-refractivity contribution in [1.82, 2.24) is 20.8 Å². The second kappa shape index (κ2) is 10.5. The lowest BCUT2D eigenvalue weighted by Gasteiger charge is -2.27. The zero-order valence-electron chi connectivity index (χ0n) is 21.0. The van der Waals surface area contributed by atoms with Crippen LogP contribution in [0.4, 0.5) is 0 Å². The molecule has 3 heterocycles. The molecule has 3 aliphatic rings. The number of hydrogen-bond acceptors (Lipinski definition) is 8. The molecule has 5 rings (SSSR count). The van der Waals surface area contributed by atoms with Gasteiger partial charge in [0, 0.05) is 43.5 Å². The minimum absolute atomic E-state index is 0.0307. The first kappa shape index (κ1) is 24.6. The van der Waals surface area contributed by atoms with Crippen LogP contribution in [-0.2, 0) is 22.4 Å². The Bertz CT molecular complexity index is 1320. The Balaban J connectivity index is 1.05. The number of carbonyl (C=O) groups is 2. The number of ether oxygens (including phenoxy) is 1. The third kappa shape index (κ3) is 5.84. The van der Waals surface area contributed by atoms with Gasteiger partial charge in [-0.3, -0.25) is 9.59 Å². The summed E-state index contributed by atoms with van der Waals surface area (Å²) in [7, 11) is 0. The molecule has 10 nitrogen and oxygen atoms in total. The smallest absolute Gasteiger partial charge is 0.276 e. The van der Waals surface area contributed by atoms with E-state index in [1.807, 2.05) is 42.5 Å². The monoisotopic (exact) mass is 502 g/mol. The number of allylic oxidation sites excluding steroid dienone is 3. The summed E-state index contributed by atoms with van der Waals surface area (Å²) in [6, 6.07) is 5.90. The van der Waals surface area contributed by atoms with E-state index in [4.69, 9.17) is 9.26 Å². The van der Waals surface area contributed by atoms with Crippen LogP contribution in [0, 0.1) is 11.3 Å². The van der Waals surface area contributed by atoms with Crippen molar-refractivity contribution in [3.05, 3.63) is 65.4 Å². The van der Waals surface area contributed by atoms with Gasteiger partial charge in [-0.05, 0) is 35.6 Å². The number of amides is 2. The molecule has 192 valence electrons. The Morgan fingerprint density at radius 3 is 2.97 bits per heavy atom. The summed E-state index contributed by atoms with van der Waals surface area (Å²) in [5.41, 5.74) is 2.63. The maximum atomic E-state index is 12.4. The maximum Gasteiger partial charge on any atom is 0.276 e. The zero-order valence-corrected chi connectivity index (χ0v) is 21.0. The Morgan fingerprint density at radius 2 is 2.08 bits per heavy atom. The predicted octanol–water partition coefficient (Wildman–Crippen LogP) is 3.67. The number of carbonyl (C=O) groups excluding carboxylic acids is 2. The first-order chi connectivity index (χ1) is 17.9. The van der Waals surface area contributed by atoms with E-state index < -0.39 is 0 Å². The van der Waals surface area contributed by atoms with Crippen LogP contribution in [0.15, 0.2) is 68.6 Å². The van der Waals surface area contributed by atoms with Crippen LogP contribution < -0.4 is 15.4 Å². The quantitative estimate of drug-likeness (QED) is 0.507. The Kier molecular flexibility index (Phi) is 6.98. The van der Waals surface area contributed by atoms with Crippen molar-refractivity contribution in [3.63, 3.8) is 0 Å². The van der Waals surface area contributed by atoms with Crippen LogP contribution in [0.25, 0.3) is 11.4 Å². The van der Waals surface area contributed by atoms with Crippen LogP contribution in [0.5, 0.6) is 5.75 Å². The van der Waals surface area contributed by atoms with E-state index in [9.17, 15) is 9.59 Å². The second-order valence-electron chi connectivity index (χ2n) is 10.1. The SMILES string of the molecule is CC(C)(CNC(=O)CCCc1nc(-c2ccc3c(c2)CCO3)no1)CNC1=C2C=CC=CC2C(=O)N=N1. The van der Waals surface area contributed by atoms with Gasteiger partial charge in [0.1, 0.15) is 5.75 Å². The highest BCUT2D eigenvalue weighted by atomic mass is 16.5. The van der Waals surface area contributed by atoms with Crippen LogP contribution >= 0.6 is 0 Å². The fraction of sp³-hybridized carbons (Fsp3) is 0.407. The molecule has 2 aliphatic heterocycles. The number of rotatable bonds is 10. The molecule has 0 saturated carbocycles. The molecule has 0 fully saturated rings. The van der Waals surface area contributed by atoms with Crippen molar-refractivity contribution in [1.29, 1.82) is 0 Å². The number of nitrogens with one attached hydrogen (secondary N) is 2. The Labute approximate surface area is 215 Å². The van der Waals surface area contributed by atoms with Crippen molar-refractivity contribution in [2.75, 3.05) is 19.7 Å². The molecule has 10 heteroatoms. The fourth-order valence-electron chi connectivity index (χ4n) is 4.35. The van der Waals surface area contributed by atoms with Crippen LogP contribution in [-0.4, -0.2) is 41.7 Å². The van der Waals surface area contributed by atoms with E-state index in [0.717, 1.165) is 28.9 Å². The summed E-state index contributed by atoms with van der Waals surface area (Å²) in [5, 5.41) is 18.2. The van der Waals surface area contributed by atoms with E-state index >= 15 is 0 Å². The lowest BCUT2D eigenvalue weighted by atomic mass is 9.91. The third-order valence-corrected chi connectivity index (χ3v) is 6.52. The molecule has 1 atom stereocenters. The molecule has 2 amide bonds. The third-order valence-electron chi connectivity index (χ3n) is 6.52. The standard InChI is InChI=1S/C27H30N6O4/c1-27(2,16-29-25-19-6-3-4-7-20(19)26(35)32-31-25)15-28-22(34)8-5-9-23-30-24(33-37-23)18-10-11-21-17(14-18)12-13-36-21/h3-4,6-7,10-11,14,20,29H,5,8-9,12-13,15-16H2,1-2H3,(H,28,34). The van der Waals surface area contributed by atoms with Crippen molar-refractivity contribution < 1.29 is 18.8 Å². The first-order valence-corrected chi connectivity index (χ1v) is 12.5. The Morgan fingerprint density at radius 1 is 1.19 bits per heavy atom.